The van der Waals surface area contributed by atoms with Crippen molar-refractivity contribution in [2.45, 2.75) is 13.0 Å². The van der Waals surface area contributed by atoms with E-state index in [2.05, 4.69) is 9.50 Å². The summed E-state index contributed by atoms with van der Waals surface area (Å²) >= 11 is 0. The fraction of sp³-hybridized carbons (Fsp3) is 1.00. The van der Waals surface area contributed by atoms with E-state index in [0.717, 1.165) is 0 Å². The van der Waals surface area contributed by atoms with Crippen LogP contribution in [0.2, 0.25) is 0 Å². The van der Waals surface area contributed by atoms with Gasteiger partial charge in [0.2, 0.25) is 0 Å². The molecule has 0 aliphatic heterocycles. The molecule has 1 unspecified atom stereocenters. The quantitative estimate of drug-likeness (QED) is 0.461. The van der Waals surface area contributed by atoms with E-state index in [1.807, 2.05) is 0 Å². The summed E-state index contributed by atoms with van der Waals surface area (Å²) in [5.41, 5.74) is 5.19. The molecule has 0 rings (SSSR count). The third-order valence-electron chi connectivity index (χ3n) is 1.10. The van der Waals surface area contributed by atoms with Crippen LogP contribution in [0.25, 0.3) is 0 Å². The smallest absolute Gasteiger partial charge is 0.329 e. The highest BCUT2D eigenvalue weighted by atomic mass is 32.3. The summed E-state index contributed by atoms with van der Waals surface area (Å²) in [5, 5.41) is 2.88. The van der Waals surface area contributed by atoms with Gasteiger partial charge in [-0.05, 0) is 6.92 Å². The summed E-state index contributed by atoms with van der Waals surface area (Å²) in [6.07, 6.45) is 0. The molecule has 6 nitrogen and oxygen atoms in total. The van der Waals surface area contributed by atoms with E-state index in [-0.39, 0.29) is 12.6 Å². The largest absolute Gasteiger partial charge is 0.397 e. The molecule has 0 amide bonds. The SMILES string of the molecule is CC(COS(=O)(=O)O)NCCN. The van der Waals surface area contributed by atoms with Crippen LogP contribution in [0.1, 0.15) is 6.92 Å². The van der Waals surface area contributed by atoms with E-state index < -0.39 is 10.4 Å². The molecule has 0 saturated carbocycles. The van der Waals surface area contributed by atoms with Crippen molar-refractivity contribution in [3.8, 4) is 0 Å². The number of hydrogen-bond donors (Lipinski definition) is 3. The summed E-state index contributed by atoms with van der Waals surface area (Å²) in [7, 11) is -4.32. The van der Waals surface area contributed by atoms with Crippen LogP contribution < -0.4 is 11.1 Å². The van der Waals surface area contributed by atoms with E-state index >= 15 is 0 Å². The molecule has 0 radical (unpaired) electrons. The van der Waals surface area contributed by atoms with Crippen molar-refractivity contribution in [1.82, 2.24) is 5.32 Å². The molecular formula is C5H14N2O4S. The molecule has 1 atom stereocenters. The normalized spacial score (nSPS) is 14.6. The first-order valence-electron chi connectivity index (χ1n) is 3.51. The molecule has 0 aromatic carbocycles. The van der Waals surface area contributed by atoms with Crippen molar-refractivity contribution < 1.29 is 17.2 Å². The first kappa shape index (κ1) is 11.8. The molecule has 7 heteroatoms. The molecule has 0 fully saturated rings. The van der Waals surface area contributed by atoms with Gasteiger partial charge in [-0.25, -0.2) is 4.18 Å². The lowest BCUT2D eigenvalue weighted by atomic mass is 10.4. The number of hydrogen-bond acceptors (Lipinski definition) is 5. The third-order valence-corrected chi connectivity index (χ3v) is 1.54. The van der Waals surface area contributed by atoms with Crippen LogP contribution in [0, 0.1) is 0 Å². The Morgan fingerprint density at radius 2 is 2.25 bits per heavy atom. The standard InChI is InChI=1S/C5H14N2O4S/c1-5(7-3-2-6)4-11-12(8,9)10/h5,7H,2-4,6H2,1H3,(H,8,9,10). The molecule has 12 heavy (non-hydrogen) atoms. The predicted octanol–water partition coefficient (Wildman–Crippen LogP) is -1.26. The lowest BCUT2D eigenvalue weighted by Crippen LogP contribution is -2.35. The third kappa shape index (κ3) is 7.89. The van der Waals surface area contributed by atoms with Gasteiger partial charge in [-0.1, -0.05) is 0 Å². The van der Waals surface area contributed by atoms with E-state index in [4.69, 9.17) is 10.3 Å². The Labute approximate surface area is 72.0 Å². The summed E-state index contributed by atoms with van der Waals surface area (Å²) in [6, 6.07) is -0.157. The van der Waals surface area contributed by atoms with E-state index in [9.17, 15) is 8.42 Å². The topological polar surface area (TPSA) is 102 Å². The number of nitrogens with one attached hydrogen (secondary N) is 1. The van der Waals surface area contributed by atoms with Crippen LogP contribution in [-0.4, -0.2) is 38.7 Å². The molecule has 0 heterocycles. The van der Waals surface area contributed by atoms with Crippen molar-refractivity contribution in [2.75, 3.05) is 19.7 Å². The molecule has 74 valence electrons. The molecule has 0 bridgehead atoms. The zero-order valence-electron chi connectivity index (χ0n) is 6.86. The van der Waals surface area contributed by atoms with Crippen LogP contribution in [-0.2, 0) is 14.6 Å². The first-order chi connectivity index (χ1) is 5.45. The van der Waals surface area contributed by atoms with Gasteiger partial charge in [0, 0.05) is 19.1 Å². The second-order valence-electron chi connectivity index (χ2n) is 2.36. The monoisotopic (exact) mass is 198 g/mol. The van der Waals surface area contributed by atoms with Gasteiger partial charge in [-0.15, -0.1) is 0 Å². The maximum absolute atomic E-state index is 10.1. The first-order valence-corrected chi connectivity index (χ1v) is 4.87. The molecule has 0 saturated heterocycles. The minimum atomic E-state index is -4.32. The molecule has 0 aliphatic rings. The van der Waals surface area contributed by atoms with Gasteiger partial charge in [0.25, 0.3) is 0 Å². The number of rotatable bonds is 6. The van der Waals surface area contributed by atoms with Crippen molar-refractivity contribution in [3.63, 3.8) is 0 Å². The Bertz CT molecular complexity index is 203. The van der Waals surface area contributed by atoms with Gasteiger partial charge in [0.15, 0.2) is 0 Å². The number of nitrogens with two attached hydrogens (primary N) is 1. The van der Waals surface area contributed by atoms with Gasteiger partial charge >= 0.3 is 10.4 Å². The van der Waals surface area contributed by atoms with Crippen LogP contribution in [0.15, 0.2) is 0 Å². The van der Waals surface area contributed by atoms with Gasteiger partial charge in [-0.3, -0.25) is 4.55 Å². The second kappa shape index (κ2) is 5.44. The lowest BCUT2D eigenvalue weighted by molar-refractivity contribution is 0.241. The Morgan fingerprint density at radius 3 is 2.67 bits per heavy atom. The fourth-order valence-electron chi connectivity index (χ4n) is 0.577. The minimum Gasteiger partial charge on any atom is -0.329 e. The van der Waals surface area contributed by atoms with Crippen LogP contribution >= 0.6 is 0 Å². The average Bonchev–Trinajstić information content (AvgIpc) is 1.95. The summed E-state index contributed by atoms with van der Waals surface area (Å²) in [4.78, 5) is 0. The summed E-state index contributed by atoms with van der Waals surface area (Å²) < 4.78 is 32.5. The highest BCUT2D eigenvalue weighted by molar-refractivity contribution is 7.80. The zero-order valence-corrected chi connectivity index (χ0v) is 7.67. The second-order valence-corrected chi connectivity index (χ2v) is 3.45. The Kier molecular flexibility index (Phi) is 5.34. The maximum Gasteiger partial charge on any atom is 0.397 e. The van der Waals surface area contributed by atoms with E-state index in [1.165, 1.54) is 0 Å². The van der Waals surface area contributed by atoms with Gasteiger partial charge in [-0.2, -0.15) is 8.42 Å². The highest BCUT2D eigenvalue weighted by Crippen LogP contribution is 1.89. The average molecular weight is 198 g/mol. The van der Waals surface area contributed by atoms with Gasteiger partial charge in [0.05, 0.1) is 6.61 Å². The van der Waals surface area contributed by atoms with E-state index in [0.29, 0.717) is 13.1 Å². The molecular weight excluding hydrogens is 184 g/mol. The van der Waals surface area contributed by atoms with Crippen molar-refractivity contribution in [3.05, 3.63) is 0 Å². The summed E-state index contributed by atoms with van der Waals surface area (Å²) in [5.74, 6) is 0. The van der Waals surface area contributed by atoms with Crippen molar-refractivity contribution >= 4 is 10.4 Å². The summed E-state index contributed by atoms with van der Waals surface area (Å²) in [6.45, 7) is 2.67. The predicted molar refractivity (Wildman–Crippen MR) is 44.0 cm³/mol. The van der Waals surface area contributed by atoms with Crippen LogP contribution in [0.3, 0.4) is 0 Å². The van der Waals surface area contributed by atoms with Crippen LogP contribution in [0.4, 0.5) is 0 Å². The molecule has 4 N–H and O–H groups in total. The van der Waals surface area contributed by atoms with Gasteiger partial charge in [0.1, 0.15) is 0 Å². The van der Waals surface area contributed by atoms with E-state index in [1.54, 1.807) is 6.92 Å². The Hall–Kier alpha value is -0.210. The zero-order chi connectivity index (χ0) is 9.61. The molecule has 0 aliphatic carbocycles. The Morgan fingerprint density at radius 1 is 1.67 bits per heavy atom. The molecule has 0 aromatic rings. The minimum absolute atomic E-state index is 0.0984. The molecule has 0 spiro atoms. The van der Waals surface area contributed by atoms with Crippen molar-refractivity contribution in [1.29, 1.82) is 0 Å². The highest BCUT2D eigenvalue weighted by Gasteiger charge is 2.07. The van der Waals surface area contributed by atoms with Gasteiger partial charge < -0.3 is 11.1 Å². The maximum atomic E-state index is 10.1. The molecule has 0 aromatic heterocycles. The Balaban J connectivity index is 3.51. The van der Waals surface area contributed by atoms with Crippen LogP contribution in [0.5, 0.6) is 0 Å². The van der Waals surface area contributed by atoms with Crippen molar-refractivity contribution in [2.24, 2.45) is 5.73 Å². The fourth-order valence-corrected chi connectivity index (χ4v) is 0.953. The lowest BCUT2D eigenvalue weighted by Gasteiger charge is -2.10.